The average molecular weight is 252 g/mol. The topological polar surface area (TPSA) is 38.9 Å². The second-order valence-corrected chi connectivity index (χ2v) is 7.90. The highest BCUT2D eigenvalue weighted by atomic mass is 32.1. The smallest absolute Gasteiger partial charge is 0.0972 e. The quantitative estimate of drug-likeness (QED) is 0.875. The van der Waals surface area contributed by atoms with Crippen molar-refractivity contribution in [3.8, 4) is 0 Å². The van der Waals surface area contributed by atoms with Crippen LogP contribution < -0.4 is 5.73 Å². The maximum atomic E-state index is 5.75. The van der Waals surface area contributed by atoms with Crippen LogP contribution in [0, 0.1) is 5.41 Å². The third kappa shape index (κ3) is 2.41. The molecule has 1 aromatic heterocycles. The van der Waals surface area contributed by atoms with Crippen LogP contribution in [-0.4, -0.2) is 11.5 Å². The van der Waals surface area contributed by atoms with Crippen molar-refractivity contribution in [3.05, 3.63) is 15.6 Å². The lowest BCUT2D eigenvalue weighted by Crippen LogP contribution is -2.33. The molecule has 0 aromatic carbocycles. The molecule has 1 aliphatic rings. The number of thiazole rings is 1. The van der Waals surface area contributed by atoms with Crippen LogP contribution in [0.1, 0.15) is 62.5 Å². The summed E-state index contributed by atoms with van der Waals surface area (Å²) < 4.78 is 0. The maximum absolute atomic E-state index is 5.75. The first-order valence-electron chi connectivity index (χ1n) is 6.45. The first-order valence-corrected chi connectivity index (χ1v) is 7.27. The number of hydrogen-bond donors (Lipinski definition) is 1. The molecule has 0 saturated carbocycles. The van der Waals surface area contributed by atoms with Crippen LogP contribution in [0.25, 0.3) is 0 Å². The summed E-state index contributed by atoms with van der Waals surface area (Å²) in [4.78, 5) is 6.34. The van der Waals surface area contributed by atoms with Gasteiger partial charge in [0.15, 0.2) is 0 Å². The number of fused-ring (bicyclic) bond motifs is 1. The van der Waals surface area contributed by atoms with Crippen molar-refractivity contribution in [2.24, 2.45) is 11.1 Å². The fourth-order valence-corrected chi connectivity index (χ4v) is 4.37. The second-order valence-electron chi connectivity index (χ2n) is 6.87. The fraction of sp³-hybridized carbons (Fsp3) is 0.786. The third-order valence-electron chi connectivity index (χ3n) is 3.67. The highest BCUT2D eigenvalue weighted by Crippen LogP contribution is 2.48. The van der Waals surface area contributed by atoms with E-state index in [1.54, 1.807) is 0 Å². The highest BCUT2D eigenvalue weighted by molar-refractivity contribution is 7.12. The van der Waals surface area contributed by atoms with Gasteiger partial charge in [0.25, 0.3) is 0 Å². The minimum atomic E-state index is 0.265. The zero-order valence-corrected chi connectivity index (χ0v) is 12.4. The summed E-state index contributed by atoms with van der Waals surface area (Å²) in [6, 6.07) is 0. The molecule has 1 atom stereocenters. The van der Waals surface area contributed by atoms with Crippen LogP contribution in [0.4, 0.5) is 0 Å². The second kappa shape index (κ2) is 4.06. The summed E-state index contributed by atoms with van der Waals surface area (Å²) in [6.07, 6.45) is 2.35. The van der Waals surface area contributed by atoms with Gasteiger partial charge in [-0.05, 0) is 18.3 Å². The lowest BCUT2D eigenvalue weighted by Gasteiger charge is -2.39. The monoisotopic (exact) mass is 252 g/mol. The highest BCUT2D eigenvalue weighted by Gasteiger charge is 2.40. The van der Waals surface area contributed by atoms with Crippen molar-refractivity contribution in [3.63, 3.8) is 0 Å². The van der Waals surface area contributed by atoms with Crippen LogP contribution in [-0.2, 0) is 11.8 Å². The van der Waals surface area contributed by atoms with Gasteiger partial charge in [0, 0.05) is 22.8 Å². The van der Waals surface area contributed by atoms with E-state index in [0.717, 1.165) is 6.42 Å². The Morgan fingerprint density at radius 2 is 2.00 bits per heavy atom. The zero-order valence-electron chi connectivity index (χ0n) is 11.6. The molecule has 1 aromatic rings. The molecule has 0 saturated heterocycles. The number of aromatic nitrogens is 1. The van der Waals surface area contributed by atoms with Crippen LogP contribution in [0.15, 0.2) is 0 Å². The molecule has 0 amide bonds. The molecule has 0 aliphatic heterocycles. The van der Waals surface area contributed by atoms with Gasteiger partial charge in [-0.2, -0.15) is 0 Å². The van der Waals surface area contributed by atoms with Crippen LogP contribution in [0.2, 0.25) is 0 Å². The molecule has 2 nitrogen and oxygen atoms in total. The summed E-state index contributed by atoms with van der Waals surface area (Å²) in [5.41, 5.74) is 7.71. The standard InChI is InChI=1S/C14H24N2S/c1-9(7-15)12-16-10-6-13(2,3)8-14(4,5)11(10)17-12/h9H,6-8,15H2,1-5H3. The Morgan fingerprint density at radius 3 is 2.59 bits per heavy atom. The van der Waals surface area contributed by atoms with E-state index in [2.05, 4.69) is 34.6 Å². The molecular formula is C14H24N2S. The predicted octanol–water partition coefficient (Wildman–Crippen LogP) is 3.46. The molecular weight excluding hydrogens is 228 g/mol. The van der Waals surface area contributed by atoms with E-state index in [0.29, 0.717) is 17.9 Å². The number of nitrogens with zero attached hydrogens (tertiary/aromatic N) is 1. The van der Waals surface area contributed by atoms with Gasteiger partial charge in [-0.15, -0.1) is 11.3 Å². The number of nitrogens with two attached hydrogens (primary N) is 1. The van der Waals surface area contributed by atoms with Crippen LogP contribution >= 0.6 is 11.3 Å². The first-order chi connectivity index (χ1) is 7.75. The summed E-state index contributed by atoms with van der Waals surface area (Å²) in [7, 11) is 0. The SMILES string of the molecule is CC(CN)c1nc2c(s1)C(C)(C)CC(C)(C)C2. The first kappa shape index (κ1) is 13.0. The van der Waals surface area contributed by atoms with Gasteiger partial charge in [-0.1, -0.05) is 34.6 Å². The Bertz CT molecular complexity index is 418. The Labute approximate surface area is 109 Å². The van der Waals surface area contributed by atoms with E-state index >= 15 is 0 Å². The number of rotatable bonds is 2. The molecule has 17 heavy (non-hydrogen) atoms. The van der Waals surface area contributed by atoms with Gasteiger partial charge in [-0.3, -0.25) is 0 Å². The van der Waals surface area contributed by atoms with Gasteiger partial charge in [0.1, 0.15) is 0 Å². The molecule has 0 fully saturated rings. The fourth-order valence-electron chi connectivity index (χ4n) is 3.12. The van der Waals surface area contributed by atoms with Crippen molar-refractivity contribution in [2.45, 2.75) is 58.8 Å². The minimum absolute atomic E-state index is 0.265. The summed E-state index contributed by atoms with van der Waals surface area (Å²) >= 11 is 1.88. The van der Waals surface area contributed by atoms with Gasteiger partial charge >= 0.3 is 0 Å². The van der Waals surface area contributed by atoms with E-state index in [1.165, 1.54) is 22.0 Å². The summed E-state index contributed by atoms with van der Waals surface area (Å²) in [5, 5.41) is 1.23. The van der Waals surface area contributed by atoms with Crippen molar-refractivity contribution in [2.75, 3.05) is 6.54 Å². The van der Waals surface area contributed by atoms with Gasteiger partial charge in [0.2, 0.25) is 0 Å². The van der Waals surface area contributed by atoms with Crippen molar-refractivity contribution in [1.82, 2.24) is 4.98 Å². The average Bonchev–Trinajstić information content (AvgIpc) is 2.57. The molecule has 2 N–H and O–H groups in total. The zero-order chi connectivity index (χ0) is 12.8. The third-order valence-corrected chi connectivity index (χ3v) is 5.37. The largest absolute Gasteiger partial charge is 0.330 e. The summed E-state index contributed by atoms with van der Waals surface area (Å²) in [6.45, 7) is 12.3. The van der Waals surface area contributed by atoms with Crippen molar-refractivity contribution >= 4 is 11.3 Å². The van der Waals surface area contributed by atoms with E-state index in [-0.39, 0.29) is 5.41 Å². The van der Waals surface area contributed by atoms with Crippen LogP contribution in [0.5, 0.6) is 0 Å². The summed E-state index contributed by atoms with van der Waals surface area (Å²) in [5.74, 6) is 0.393. The molecule has 1 heterocycles. The van der Waals surface area contributed by atoms with E-state index in [4.69, 9.17) is 10.7 Å². The van der Waals surface area contributed by atoms with E-state index < -0.39 is 0 Å². The molecule has 0 bridgehead atoms. The molecule has 1 aliphatic carbocycles. The van der Waals surface area contributed by atoms with Gasteiger partial charge in [0.05, 0.1) is 10.7 Å². The molecule has 0 radical (unpaired) electrons. The normalized spacial score (nSPS) is 23.2. The Balaban J connectivity index is 2.43. The van der Waals surface area contributed by atoms with Crippen LogP contribution in [0.3, 0.4) is 0 Å². The Morgan fingerprint density at radius 1 is 1.35 bits per heavy atom. The minimum Gasteiger partial charge on any atom is -0.330 e. The van der Waals surface area contributed by atoms with Gasteiger partial charge in [-0.25, -0.2) is 4.98 Å². The molecule has 2 rings (SSSR count). The van der Waals surface area contributed by atoms with E-state index in [1.807, 2.05) is 11.3 Å². The van der Waals surface area contributed by atoms with E-state index in [9.17, 15) is 0 Å². The Kier molecular flexibility index (Phi) is 3.11. The predicted molar refractivity (Wildman–Crippen MR) is 74.7 cm³/mol. The molecule has 0 spiro atoms. The lowest BCUT2D eigenvalue weighted by atomic mass is 9.67. The lowest BCUT2D eigenvalue weighted by molar-refractivity contribution is 0.232. The van der Waals surface area contributed by atoms with Gasteiger partial charge < -0.3 is 5.73 Å². The maximum Gasteiger partial charge on any atom is 0.0972 e. The van der Waals surface area contributed by atoms with Crippen molar-refractivity contribution < 1.29 is 0 Å². The van der Waals surface area contributed by atoms with Crippen molar-refractivity contribution in [1.29, 1.82) is 0 Å². The Hall–Kier alpha value is -0.410. The number of hydrogen-bond acceptors (Lipinski definition) is 3. The molecule has 96 valence electrons. The molecule has 3 heteroatoms. The molecule has 1 unspecified atom stereocenters.